The molecule has 1 aliphatic rings. The normalized spacial score (nSPS) is 16.0. The maximum atomic E-state index is 12.1. The van der Waals surface area contributed by atoms with Gasteiger partial charge in [0.1, 0.15) is 23.2 Å². The SMILES string of the molecule is Cc1ccc2c(c1)c(O)c(C(c1ccncc1)N1CCNCC1)c1c(C(=O)O)coc12. The molecule has 3 N–H and O–H groups in total. The number of furan rings is 1. The Labute approximate surface area is 178 Å². The lowest BCUT2D eigenvalue weighted by atomic mass is 9.89. The summed E-state index contributed by atoms with van der Waals surface area (Å²) in [7, 11) is 0. The fourth-order valence-corrected chi connectivity index (χ4v) is 4.61. The second-order valence-electron chi connectivity index (χ2n) is 7.94. The molecule has 1 atom stereocenters. The van der Waals surface area contributed by atoms with Crippen LogP contribution in [0.25, 0.3) is 21.7 Å². The number of hydrogen-bond donors (Lipinski definition) is 3. The number of carboxylic acids is 1. The highest BCUT2D eigenvalue weighted by molar-refractivity contribution is 6.15. The third-order valence-corrected chi connectivity index (χ3v) is 6.03. The minimum Gasteiger partial charge on any atom is -0.507 e. The lowest BCUT2D eigenvalue weighted by Gasteiger charge is -2.36. The zero-order chi connectivity index (χ0) is 21.5. The average Bonchev–Trinajstić information content (AvgIpc) is 3.23. The largest absolute Gasteiger partial charge is 0.507 e. The molecule has 1 unspecified atom stereocenters. The number of fused-ring (bicyclic) bond motifs is 3. The van der Waals surface area contributed by atoms with E-state index in [1.54, 1.807) is 12.4 Å². The molecule has 1 saturated heterocycles. The number of carbonyl (C=O) groups is 1. The first-order valence-corrected chi connectivity index (χ1v) is 10.3. The standard InChI is InChI=1S/C24H23N3O4/c1-14-2-3-16-17(12-14)22(28)20(19-18(24(29)30)13-31-23(16)19)21(15-4-6-25-7-5-15)27-10-8-26-9-11-27/h2-7,12-13,21,26,28H,8-11H2,1H3,(H,29,30). The van der Waals surface area contributed by atoms with E-state index in [2.05, 4.69) is 15.2 Å². The molecular formula is C24H23N3O4. The molecule has 0 saturated carbocycles. The number of aryl methyl sites for hydroxylation is 1. The molecule has 1 fully saturated rings. The second-order valence-corrected chi connectivity index (χ2v) is 7.94. The number of carboxylic acid groups (broad SMARTS) is 1. The van der Waals surface area contributed by atoms with Crippen LogP contribution in [0.15, 0.2) is 53.4 Å². The number of benzene rings is 2. The van der Waals surface area contributed by atoms with E-state index in [1.165, 1.54) is 6.26 Å². The van der Waals surface area contributed by atoms with Crippen LogP contribution in [0.4, 0.5) is 0 Å². The van der Waals surface area contributed by atoms with Crippen LogP contribution in [0.2, 0.25) is 0 Å². The number of phenolic OH excluding ortho intramolecular Hbond substituents is 1. The highest BCUT2D eigenvalue weighted by Gasteiger charge is 2.32. The number of piperazine rings is 1. The molecule has 0 spiro atoms. The zero-order valence-corrected chi connectivity index (χ0v) is 17.1. The van der Waals surface area contributed by atoms with Crippen LogP contribution in [0.5, 0.6) is 5.75 Å². The lowest BCUT2D eigenvalue weighted by molar-refractivity contribution is 0.0698. The summed E-state index contributed by atoms with van der Waals surface area (Å²) in [6.07, 6.45) is 4.71. The lowest BCUT2D eigenvalue weighted by Crippen LogP contribution is -2.45. The Hall–Kier alpha value is -3.42. The van der Waals surface area contributed by atoms with E-state index >= 15 is 0 Å². The molecule has 7 heteroatoms. The minimum atomic E-state index is -1.08. The molecule has 3 heterocycles. The van der Waals surface area contributed by atoms with Crippen LogP contribution in [0.3, 0.4) is 0 Å². The van der Waals surface area contributed by atoms with Gasteiger partial charge in [-0.3, -0.25) is 9.88 Å². The predicted molar refractivity (Wildman–Crippen MR) is 118 cm³/mol. The fourth-order valence-electron chi connectivity index (χ4n) is 4.61. The van der Waals surface area contributed by atoms with Gasteiger partial charge in [-0.05, 0) is 30.7 Å². The van der Waals surface area contributed by atoms with Gasteiger partial charge in [0, 0.05) is 60.3 Å². The average molecular weight is 417 g/mol. The molecule has 5 rings (SSSR count). The summed E-state index contributed by atoms with van der Waals surface area (Å²) >= 11 is 0. The molecule has 4 aromatic rings. The third-order valence-electron chi connectivity index (χ3n) is 6.03. The first-order valence-electron chi connectivity index (χ1n) is 10.3. The molecule has 2 aromatic carbocycles. The van der Waals surface area contributed by atoms with Gasteiger partial charge in [-0.2, -0.15) is 0 Å². The third kappa shape index (κ3) is 3.22. The van der Waals surface area contributed by atoms with Gasteiger partial charge in [-0.25, -0.2) is 4.79 Å². The minimum absolute atomic E-state index is 0.0527. The van der Waals surface area contributed by atoms with E-state index in [1.807, 2.05) is 37.3 Å². The van der Waals surface area contributed by atoms with Crippen LogP contribution >= 0.6 is 0 Å². The van der Waals surface area contributed by atoms with Gasteiger partial charge in [0.15, 0.2) is 0 Å². The van der Waals surface area contributed by atoms with E-state index in [0.717, 1.165) is 37.3 Å². The maximum Gasteiger partial charge on any atom is 0.339 e. The van der Waals surface area contributed by atoms with Crippen molar-refractivity contribution >= 4 is 27.7 Å². The van der Waals surface area contributed by atoms with Crippen molar-refractivity contribution in [1.82, 2.24) is 15.2 Å². The topological polar surface area (TPSA) is 98.8 Å². The van der Waals surface area contributed by atoms with E-state index < -0.39 is 5.97 Å². The Morgan fingerprint density at radius 2 is 1.90 bits per heavy atom. The first kappa shape index (κ1) is 19.5. The van der Waals surface area contributed by atoms with Gasteiger partial charge in [-0.15, -0.1) is 0 Å². The second kappa shape index (κ2) is 7.68. The summed E-state index contributed by atoms with van der Waals surface area (Å²) < 4.78 is 5.80. The Bertz CT molecular complexity index is 1280. The molecule has 0 aliphatic carbocycles. The van der Waals surface area contributed by atoms with E-state index in [0.29, 0.717) is 27.3 Å². The van der Waals surface area contributed by atoms with Crippen LogP contribution in [-0.4, -0.2) is 52.2 Å². The van der Waals surface area contributed by atoms with Gasteiger partial charge in [0.2, 0.25) is 0 Å². The maximum absolute atomic E-state index is 12.1. The van der Waals surface area contributed by atoms with Crippen molar-refractivity contribution in [3.8, 4) is 5.75 Å². The quantitative estimate of drug-likeness (QED) is 0.466. The molecule has 7 nitrogen and oxygen atoms in total. The molecule has 31 heavy (non-hydrogen) atoms. The van der Waals surface area contributed by atoms with Gasteiger partial charge in [-0.1, -0.05) is 17.7 Å². The number of pyridine rings is 1. The Balaban J connectivity index is 1.90. The molecule has 0 amide bonds. The van der Waals surface area contributed by atoms with Crippen LogP contribution in [0.1, 0.15) is 33.1 Å². The predicted octanol–water partition coefficient (Wildman–Crippen LogP) is 3.69. The smallest absolute Gasteiger partial charge is 0.339 e. The number of hydrogen-bond acceptors (Lipinski definition) is 6. The molecule has 2 aromatic heterocycles. The number of aromatic nitrogens is 1. The van der Waals surface area contributed by atoms with E-state index in [4.69, 9.17) is 4.42 Å². The molecule has 158 valence electrons. The van der Waals surface area contributed by atoms with Crippen molar-refractivity contribution in [2.24, 2.45) is 0 Å². The summed E-state index contributed by atoms with van der Waals surface area (Å²) in [6.45, 7) is 5.12. The van der Waals surface area contributed by atoms with E-state index in [-0.39, 0.29) is 17.4 Å². The molecule has 0 radical (unpaired) electrons. The first-order chi connectivity index (χ1) is 15.1. The van der Waals surface area contributed by atoms with E-state index in [9.17, 15) is 15.0 Å². The van der Waals surface area contributed by atoms with Crippen molar-refractivity contribution < 1.29 is 19.4 Å². The van der Waals surface area contributed by atoms with Crippen molar-refractivity contribution in [2.45, 2.75) is 13.0 Å². The Kier molecular flexibility index (Phi) is 4.84. The number of rotatable bonds is 4. The van der Waals surface area contributed by atoms with Crippen LogP contribution in [0, 0.1) is 6.92 Å². The van der Waals surface area contributed by atoms with Crippen LogP contribution in [-0.2, 0) is 0 Å². The van der Waals surface area contributed by atoms with Crippen molar-refractivity contribution in [3.05, 3.63) is 71.2 Å². The fraction of sp³-hybridized carbons (Fsp3) is 0.250. The Morgan fingerprint density at radius 3 is 2.61 bits per heavy atom. The summed E-state index contributed by atoms with van der Waals surface area (Å²) in [4.78, 5) is 18.5. The van der Waals surface area contributed by atoms with Gasteiger partial charge >= 0.3 is 5.97 Å². The number of aromatic carboxylic acids is 1. The molecule has 1 aliphatic heterocycles. The van der Waals surface area contributed by atoms with Crippen molar-refractivity contribution in [3.63, 3.8) is 0 Å². The summed E-state index contributed by atoms with van der Waals surface area (Å²) in [6, 6.07) is 9.21. The van der Waals surface area contributed by atoms with Gasteiger partial charge in [0.25, 0.3) is 0 Å². The number of nitrogens with one attached hydrogen (secondary N) is 1. The van der Waals surface area contributed by atoms with Crippen LogP contribution < -0.4 is 5.32 Å². The summed E-state index contributed by atoms with van der Waals surface area (Å²) in [5.41, 5.74) is 3.04. The summed E-state index contributed by atoms with van der Waals surface area (Å²) in [5, 5.41) is 26.6. The highest BCUT2D eigenvalue weighted by atomic mass is 16.4. The monoisotopic (exact) mass is 417 g/mol. The summed E-state index contributed by atoms with van der Waals surface area (Å²) in [5.74, 6) is -0.991. The number of nitrogens with zero attached hydrogens (tertiary/aromatic N) is 2. The van der Waals surface area contributed by atoms with Crippen molar-refractivity contribution in [1.29, 1.82) is 0 Å². The van der Waals surface area contributed by atoms with Crippen molar-refractivity contribution in [2.75, 3.05) is 26.2 Å². The number of phenols is 1. The molecular weight excluding hydrogens is 394 g/mol. The Morgan fingerprint density at radius 1 is 1.16 bits per heavy atom. The van der Waals surface area contributed by atoms with Gasteiger partial charge < -0.3 is 19.9 Å². The van der Waals surface area contributed by atoms with Gasteiger partial charge in [0.05, 0.1) is 6.04 Å². The highest BCUT2D eigenvalue weighted by Crippen LogP contribution is 2.46. The molecule has 0 bridgehead atoms. The zero-order valence-electron chi connectivity index (χ0n) is 17.1. The number of aromatic hydroxyl groups is 1.